The van der Waals surface area contributed by atoms with E-state index in [1.54, 1.807) is 11.3 Å². The van der Waals surface area contributed by atoms with Gasteiger partial charge in [-0.3, -0.25) is 0 Å². The number of ether oxygens (including phenoxy) is 1. The molecule has 4 nitrogen and oxygen atoms in total. The second kappa shape index (κ2) is 7.01. The number of likely N-dealkylation sites (tertiary alicyclic amines) is 1. The van der Waals surface area contributed by atoms with Crippen molar-refractivity contribution in [2.24, 2.45) is 0 Å². The van der Waals surface area contributed by atoms with Crippen molar-refractivity contribution in [2.45, 2.75) is 71.2 Å². The Balaban J connectivity index is 1.97. The number of nitrogens with zero attached hydrogens (tertiary/aromatic N) is 1. The number of hydrogen-bond acceptors (Lipinski definition) is 4. The summed E-state index contributed by atoms with van der Waals surface area (Å²) in [7, 11) is 0. The number of carbonyl (C=O) groups excluding carboxylic acids is 1. The molecule has 1 saturated heterocycles. The van der Waals surface area contributed by atoms with E-state index in [0.29, 0.717) is 12.1 Å². The van der Waals surface area contributed by atoms with Gasteiger partial charge in [0.2, 0.25) is 0 Å². The van der Waals surface area contributed by atoms with Crippen LogP contribution in [0.1, 0.15) is 59.1 Å². The highest BCUT2D eigenvalue weighted by atomic mass is 32.1. The molecule has 3 atom stereocenters. The van der Waals surface area contributed by atoms with Crippen molar-refractivity contribution in [1.82, 2.24) is 10.2 Å². The number of hydrogen-bond donors (Lipinski definition) is 1. The molecule has 0 saturated carbocycles. The van der Waals surface area contributed by atoms with Crippen LogP contribution in [0.15, 0.2) is 16.8 Å². The molecule has 1 aliphatic rings. The third-order valence-corrected chi connectivity index (χ3v) is 4.82. The number of carbonyl (C=O) groups is 1. The largest absolute Gasteiger partial charge is 0.444 e. The molecule has 1 amide bonds. The summed E-state index contributed by atoms with van der Waals surface area (Å²) in [6.07, 6.45) is 1.90. The topological polar surface area (TPSA) is 41.6 Å². The summed E-state index contributed by atoms with van der Waals surface area (Å²) in [5.74, 6) is 0. The van der Waals surface area contributed by atoms with Crippen molar-refractivity contribution >= 4 is 17.4 Å². The van der Waals surface area contributed by atoms with Crippen molar-refractivity contribution in [2.75, 3.05) is 6.54 Å². The van der Waals surface area contributed by atoms with E-state index in [-0.39, 0.29) is 12.1 Å². The number of rotatable bonds is 3. The second-order valence-electron chi connectivity index (χ2n) is 7.11. The van der Waals surface area contributed by atoms with Gasteiger partial charge in [-0.05, 0) is 69.9 Å². The zero-order valence-electron chi connectivity index (χ0n) is 14.3. The van der Waals surface area contributed by atoms with E-state index >= 15 is 0 Å². The lowest BCUT2D eigenvalue weighted by molar-refractivity contribution is 0.00643. The van der Waals surface area contributed by atoms with Crippen LogP contribution in [0.4, 0.5) is 4.79 Å². The summed E-state index contributed by atoms with van der Waals surface area (Å²) in [5.41, 5.74) is 0.868. The molecule has 0 spiro atoms. The van der Waals surface area contributed by atoms with Gasteiger partial charge in [-0.2, -0.15) is 11.3 Å². The third kappa shape index (κ3) is 4.46. The van der Waals surface area contributed by atoms with Gasteiger partial charge in [-0.15, -0.1) is 0 Å². The van der Waals surface area contributed by atoms with Crippen molar-refractivity contribution in [3.05, 3.63) is 22.4 Å². The Morgan fingerprint density at radius 2 is 2.23 bits per heavy atom. The monoisotopic (exact) mass is 324 g/mol. The van der Waals surface area contributed by atoms with Crippen molar-refractivity contribution in [3.8, 4) is 0 Å². The van der Waals surface area contributed by atoms with Crippen LogP contribution in [0.5, 0.6) is 0 Å². The van der Waals surface area contributed by atoms with Crippen molar-refractivity contribution in [3.63, 3.8) is 0 Å². The summed E-state index contributed by atoms with van der Waals surface area (Å²) in [6, 6.07) is 2.90. The SMILES string of the molecule is CC(NC1CCCN(C(=O)OC(C)(C)C)C1C)c1ccsc1. The van der Waals surface area contributed by atoms with E-state index in [2.05, 4.69) is 36.0 Å². The standard InChI is InChI=1S/C17H28N2O2S/c1-12(14-8-10-22-11-14)18-15-7-6-9-19(13(15)2)16(20)21-17(3,4)5/h8,10-13,15,18H,6-7,9H2,1-5H3. The fourth-order valence-electron chi connectivity index (χ4n) is 2.88. The Bertz CT molecular complexity index is 481. The Hall–Kier alpha value is -1.07. The summed E-state index contributed by atoms with van der Waals surface area (Å²) in [6.45, 7) is 10.8. The van der Waals surface area contributed by atoms with E-state index in [1.165, 1.54) is 5.56 Å². The molecule has 2 rings (SSSR count). The molecule has 2 heterocycles. The van der Waals surface area contributed by atoms with E-state index in [4.69, 9.17) is 4.74 Å². The molecule has 1 aromatic heterocycles. The second-order valence-corrected chi connectivity index (χ2v) is 7.89. The Labute approximate surface area is 137 Å². The van der Waals surface area contributed by atoms with Gasteiger partial charge in [-0.1, -0.05) is 0 Å². The molecular weight excluding hydrogens is 296 g/mol. The lowest BCUT2D eigenvalue weighted by Gasteiger charge is -2.41. The van der Waals surface area contributed by atoms with E-state index in [1.807, 2.05) is 25.7 Å². The quantitative estimate of drug-likeness (QED) is 0.906. The molecular formula is C17H28N2O2S. The van der Waals surface area contributed by atoms with Gasteiger partial charge in [-0.25, -0.2) is 4.79 Å². The smallest absolute Gasteiger partial charge is 0.410 e. The molecule has 5 heteroatoms. The lowest BCUT2D eigenvalue weighted by Crippen LogP contribution is -2.55. The maximum absolute atomic E-state index is 12.4. The zero-order valence-corrected chi connectivity index (χ0v) is 15.1. The first-order chi connectivity index (χ1) is 10.3. The van der Waals surface area contributed by atoms with Crippen LogP contribution in [0.2, 0.25) is 0 Å². The fourth-order valence-corrected chi connectivity index (χ4v) is 3.64. The van der Waals surface area contributed by atoms with Gasteiger partial charge >= 0.3 is 6.09 Å². The van der Waals surface area contributed by atoms with Crippen molar-refractivity contribution in [1.29, 1.82) is 0 Å². The van der Waals surface area contributed by atoms with Crippen LogP contribution in [0.25, 0.3) is 0 Å². The maximum atomic E-state index is 12.4. The van der Waals surface area contributed by atoms with Gasteiger partial charge in [0, 0.05) is 24.7 Å². The van der Waals surface area contributed by atoms with Gasteiger partial charge in [0.25, 0.3) is 0 Å². The third-order valence-electron chi connectivity index (χ3n) is 4.12. The Kier molecular flexibility index (Phi) is 5.50. The zero-order chi connectivity index (χ0) is 16.3. The molecule has 124 valence electrons. The Morgan fingerprint density at radius 1 is 1.50 bits per heavy atom. The van der Waals surface area contributed by atoms with Crippen LogP contribution >= 0.6 is 11.3 Å². The normalized spacial score (nSPS) is 24.1. The highest BCUT2D eigenvalue weighted by Gasteiger charge is 2.34. The minimum Gasteiger partial charge on any atom is -0.444 e. The van der Waals surface area contributed by atoms with Crippen LogP contribution in [-0.4, -0.2) is 35.2 Å². The van der Waals surface area contributed by atoms with Crippen LogP contribution in [0.3, 0.4) is 0 Å². The number of amides is 1. The molecule has 22 heavy (non-hydrogen) atoms. The fraction of sp³-hybridized carbons (Fsp3) is 0.706. The first-order valence-corrected chi connectivity index (χ1v) is 9.00. The summed E-state index contributed by atoms with van der Waals surface area (Å²) >= 11 is 1.72. The molecule has 0 aliphatic carbocycles. The van der Waals surface area contributed by atoms with Gasteiger partial charge in [0.1, 0.15) is 5.60 Å². The molecule has 0 radical (unpaired) electrons. The average molecular weight is 324 g/mol. The molecule has 1 N–H and O–H groups in total. The summed E-state index contributed by atoms with van der Waals surface area (Å²) in [5, 5.41) is 7.96. The molecule has 1 aliphatic heterocycles. The molecule has 0 aromatic carbocycles. The molecule has 0 bridgehead atoms. The molecule has 1 aromatic rings. The minimum atomic E-state index is -0.443. The average Bonchev–Trinajstić information content (AvgIpc) is 2.93. The van der Waals surface area contributed by atoms with Gasteiger partial charge in [0.15, 0.2) is 0 Å². The van der Waals surface area contributed by atoms with Gasteiger partial charge in [0.05, 0.1) is 0 Å². The van der Waals surface area contributed by atoms with Gasteiger partial charge < -0.3 is 15.0 Å². The summed E-state index contributed by atoms with van der Waals surface area (Å²) in [4.78, 5) is 14.2. The predicted molar refractivity (Wildman–Crippen MR) is 91.3 cm³/mol. The lowest BCUT2D eigenvalue weighted by atomic mass is 9.96. The highest BCUT2D eigenvalue weighted by molar-refractivity contribution is 7.07. The molecule has 1 fully saturated rings. The first-order valence-electron chi connectivity index (χ1n) is 8.05. The first kappa shape index (κ1) is 17.3. The van der Waals surface area contributed by atoms with Crippen LogP contribution < -0.4 is 5.32 Å². The molecule has 3 unspecified atom stereocenters. The number of piperidine rings is 1. The van der Waals surface area contributed by atoms with E-state index in [0.717, 1.165) is 19.4 Å². The van der Waals surface area contributed by atoms with E-state index < -0.39 is 5.60 Å². The van der Waals surface area contributed by atoms with Crippen LogP contribution in [0, 0.1) is 0 Å². The Morgan fingerprint density at radius 3 is 2.82 bits per heavy atom. The highest BCUT2D eigenvalue weighted by Crippen LogP contribution is 2.24. The van der Waals surface area contributed by atoms with Crippen LogP contribution in [-0.2, 0) is 4.74 Å². The minimum absolute atomic E-state index is 0.143. The summed E-state index contributed by atoms with van der Waals surface area (Å²) < 4.78 is 5.53. The number of thiophene rings is 1. The van der Waals surface area contributed by atoms with E-state index in [9.17, 15) is 4.79 Å². The predicted octanol–water partition coefficient (Wildman–Crippen LogP) is 4.19. The maximum Gasteiger partial charge on any atom is 0.410 e. The number of nitrogens with one attached hydrogen (secondary N) is 1. The van der Waals surface area contributed by atoms with Crippen molar-refractivity contribution < 1.29 is 9.53 Å².